The highest BCUT2D eigenvalue weighted by atomic mass is 35.5. The van der Waals surface area contributed by atoms with Crippen LogP contribution in [0.5, 0.6) is 0 Å². The Labute approximate surface area is 151 Å². The maximum atomic E-state index is 12.0. The standard InChI is InChI=1S/C14H9Cl3N2O3S/c15-8-1-3-11(17)13(5-8)23-7-14(20)18-12-6-9(19(21)22)2-4-10(12)16/h1-6H,7H2,(H,18,20). The van der Waals surface area contributed by atoms with Crippen molar-refractivity contribution in [2.45, 2.75) is 4.90 Å². The summed E-state index contributed by atoms with van der Waals surface area (Å²) < 4.78 is 0. The molecule has 0 saturated carbocycles. The molecule has 0 fully saturated rings. The van der Waals surface area contributed by atoms with Gasteiger partial charge in [0.1, 0.15) is 0 Å². The molecule has 5 nitrogen and oxygen atoms in total. The van der Waals surface area contributed by atoms with Crippen LogP contribution in [0.1, 0.15) is 0 Å². The van der Waals surface area contributed by atoms with E-state index in [2.05, 4.69) is 5.32 Å². The number of halogens is 3. The molecule has 0 aliphatic rings. The molecular weight excluding hydrogens is 383 g/mol. The van der Waals surface area contributed by atoms with Gasteiger partial charge in [-0.25, -0.2) is 0 Å². The van der Waals surface area contributed by atoms with E-state index in [1.165, 1.54) is 30.0 Å². The number of nitrogens with zero attached hydrogens (tertiary/aromatic N) is 1. The van der Waals surface area contributed by atoms with E-state index in [-0.39, 0.29) is 28.1 Å². The number of thioether (sulfide) groups is 1. The van der Waals surface area contributed by atoms with E-state index in [0.717, 1.165) is 0 Å². The van der Waals surface area contributed by atoms with Crippen LogP contribution in [-0.2, 0) is 4.79 Å². The Morgan fingerprint density at radius 3 is 2.52 bits per heavy atom. The Morgan fingerprint density at radius 2 is 1.83 bits per heavy atom. The summed E-state index contributed by atoms with van der Waals surface area (Å²) in [6, 6.07) is 8.77. The molecule has 0 heterocycles. The molecule has 9 heteroatoms. The number of nitro benzene ring substituents is 1. The van der Waals surface area contributed by atoms with Gasteiger partial charge in [0.2, 0.25) is 5.91 Å². The van der Waals surface area contributed by atoms with E-state index in [1.807, 2.05) is 0 Å². The Bertz CT molecular complexity index is 771. The summed E-state index contributed by atoms with van der Waals surface area (Å²) in [5.74, 6) is -0.313. The lowest BCUT2D eigenvalue weighted by molar-refractivity contribution is -0.384. The molecule has 23 heavy (non-hydrogen) atoms. The van der Waals surface area contributed by atoms with Gasteiger partial charge in [-0.05, 0) is 24.3 Å². The predicted molar refractivity (Wildman–Crippen MR) is 93.9 cm³/mol. The molecule has 0 aliphatic carbocycles. The van der Waals surface area contributed by atoms with Gasteiger partial charge >= 0.3 is 0 Å². The number of amides is 1. The van der Waals surface area contributed by atoms with Crippen molar-refractivity contribution >= 4 is 63.8 Å². The summed E-state index contributed by atoms with van der Waals surface area (Å²) in [5.41, 5.74) is 0.0268. The highest BCUT2D eigenvalue weighted by Gasteiger charge is 2.13. The highest BCUT2D eigenvalue weighted by Crippen LogP contribution is 2.31. The lowest BCUT2D eigenvalue weighted by Crippen LogP contribution is -2.14. The van der Waals surface area contributed by atoms with Crippen LogP contribution in [0.25, 0.3) is 0 Å². The molecule has 0 unspecified atom stereocenters. The van der Waals surface area contributed by atoms with E-state index in [4.69, 9.17) is 34.8 Å². The van der Waals surface area contributed by atoms with E-state index < -0.39 is 4.92 Å². The second-order valence-electron chi connectivity index (χ2n) is 4.33. The Hall–Kier alpha value is -1.47. The molecule has 0 aliphatic heterocycles. The van der Waals surface area contributed by atoms with Crippen LogP contribution in [0.2, 0.25) is 15.1 Å². The average Bonchev–Trinajstić information content (AvgIpc) is 2.50. The number of anilines is 1. The molecule has 1 N–H and O–H groups in total. The summed E-state index contributed by atoms with van der Waals surface area (Å²) in [5, 5.41) is 14.5. The molecule has 2 rings (SSSR count). The maximum absolute atomic E-state index is 12.0. The van der Waals surface area contributed by atoms with Gasteiger partial charge in [-0.1, -0.05) is 34.8 Å². The molecule has 0 aromatic heterocycles. The fourth-order valence-corrected chi connectivity index (χ4v) is 3.10. The molecule has 0 atom stereocenters. The Morgan fingerprint density at radius 1 is 1.13 bits per heavy atom. The number of nitrogens with one attached hydrogen (secondary N) is 1. The van der Waals surface area contributed by atoms with Gasteiger partial charge in [0.15, 0.2) is 0 Å². The van der Waals surface area contributed by atoms with Crippen molar-refractivity contribution in [3.63, 3.8) is 0 Å². The van der Waals surface area contributed by atoms with Crippen molar-refractivity contribution in [1.29, 1.82) is 0 Å². The van der Waals surface area contributed by atoms with E-state index in [9.17, 15) is 14.9 Å². The zero-order valence-corrected chi connectivity index (χ0v) is 14.5. The largest absolute Gasteiger partial charge is 0.324 e. The zero-order valence-electron chi connectivity index (χ0n) is 11.4. The summed E-state index contributed by atoms with van der Waals surface area (Å²) in [4.78, 5) is 22.8. The van der Waals surface area contributed by atoms with Gasteiger partial charge in [-0.15, -0.1) is 11.8 Å². The molecule has 1 amide bonds. The first kappa shape index (κ1) is 17.9. The molecule has 0 bridgehead atoms. The van der Waals surface area contributed by atoms with Crippen molar-refractivity contribution in [2.75, 3.05) is 11.1 Å². The van der Waals surface area contributed by atoms with Gasteiger partial charge in [-0.2, -0.15) is 0 Å². The lowest BCUT2D eigenvalue weighted by Gasteiger charge is -2.08. The molecule has 2 aromatic carbocycles. The van der Waals surface area contributed by atoms with Crippen LogP contribution in [0, 0.1) is 10.1 Å². The van der Waals surface area contributed by atoms with Gasteiger partial charge in [0.25, 0.3) is 5.69 Å². The maximum Gasteiger partial charge on any atom is 0.271 e. The van der Waals surface area contributed by atoms with Crippen LogP contribution >= 0.6 is 46.6 Å². The van der Waals surface area contributed by atoms with Crippen molar-refractivity contribution in [3.05, 3.63) is 61.6 Å². The van der Waals surface area contributed by atoms with Crippen LogP contribution < -0.4 is 5.32 Å². The van der Waals surface area contributed by atoms with Gasteiger partial charge in [-0.3, -0.25) is 14.9 Å². The van der Waals surface area contributed by atoms with Crippen LogP contribution in [0.4, 0.5) is 11.4 Å². The van der Waals surface area contributed by atoms with Gasteiger partial charge in [0, 0.05) is 22.1 Å². The molecule has 0 spiro atoms. The van der Waals surface area contributed by atoms with Crippen LogP contribution in [0.3, 0.4) is 0 Å². The molecule has 2 aromatic rings. The Balaban J connectivity index is 2.04. The van der Waals surface area contributed by atoms with Crippen molar-refractivity contribution in [3.8, 4) is 0 Å². The molecule has 0 radical (unpaired) electrons. The summed E-state index contributed by atoms with van der Waals surface area (Å²) in [6.07, 6.45) is 0. The monoisotopic (exact) mass is 390 g/mol. The first-order valence-electron chi connectivity index (χ1n) is 6.18. The third kappa shape index (κ3) is 5.00. The van der Waals surface area contributed by atoms with E-state index in [0.29, 0.717) is 14.9 Å². The fourth-order valence-electron chi connectivity index (χ4n) is 1.64. The minimum absolute atomic E-state index is 0.0546. The second kappa shape index (κ2) is 7.88. The van der Waals surface area contributed by atoms with Gasteiger partial charge < -0.3 is 5.32 Å². The number of non-ortho nitro benzene ring substituents is 1. The van der Waals surface area contributed by atoms with E-state index >= 15 is 0 Å². The number of hydrogen-bond acceptors (Lipinski definition) is 4. The number of carbonyl (C=O) groups is 1. The lowest BCUT2D eigenvalue weighted by atomic mass is 10.3. The van der Waals surface area contributed by atoms with E-state index in [1.54, 1.807) is 18.2 Å². The SMILES string of the molecule is O=C(CSc1cc(Cl)ccc1Cl)Nc1cc([N+](=O)[O-])ccc1Cl. The van der Waals surface area contributed by atoms with Crippen molar-refractivity contribution in [1.82, 2.24) is 0 Å². The van der Waals surface area contributed by atoms with Gasteiger partial charge in [0.05, 0.1) is 26.4 Å². The van der Waals surface area contributed by atoms with Crippen molar-refractivity contribution in [2.24, 2.45) is 0 Å². The molecule has 0 saturated heterocycles. The number of rotatable bonds is 5. The first-order chi connectivity index (χ1) is 10.9. The van der Waals surface area contributed by atoms with Crippen LogP contribution in [0.15, 0.2) is 41.3 Å². The third-order valence-corrected chi connectivity index (χ3v) is 4.75. The van der Waals surface area contributed by atoms with Crippen molar-refractivity contribution < 1.29 is 9.72 Å². The second-order valence-corrected chi connectivity index (χ2v) is 6.60. The topological polar surface area (TPSA) is 72.2 Å². The number of hydrogen-bond donors (Lipinski definition) is 1. The predicted octanol–water partition coefficient (Wildman–Crippen LogP) is 5.29. The van der Waals surface area contributed by atoms with Crippen LogP contribution in [-0.4, -0.2) is 16.6 Å². The zero-order chi connectivity index (χ0) is 17.0. The number of benzene rings is 2. The summed E-state index contributed by atoms with van der Waals surface area (Å²) in [6.45, 7) is 0. The summed E-state index contributed by atoms with van der Waals surface area (Å²) in [7, 11) is 0. The normalized spacial score (nSPS) is 10.4. The minimum Gasteiger partial charge on any atom is -0.324 e. The highest BCUT2D eigenvalue weighted by molar-refractivity contribution is 8.00. The Kier molecular flexibility index (Phi) is 6.12. The molecular formula is C14H9Cl3N2O3S. The number of carbonyl (C=O) groups excluding carboxylic acids is 1. The third-order valence-electron chi connectivity index (χ3n) is 2.69. The number of nitro groups is 1. The first-order valence-corrected chi connectivity index (χ1v) is 8.30. The average molecular weight is 392 g/mol. The quantitative estimate of drug-likeness (QED) is 0.427. The smallest absolute Gasteiger partial charge is 0.271 e. The summed E-state index contributed by atoms with van der Waals surface area (Å²) >= 11 is 19.0. The minimum atomic E-state index is -0.563. The molecule has 120 valence electrons. The fraction of sp³-hybridized carbons (Fsp3) is 0.0714.